The molecule has 4 rings (SSSR count). The van der Waals surface area contributed by atoms with Gasteiger partial charge in [0.2, 0.25) is 5.91 Å². The van der Waals surface area contributed by atoms with Crippen LogP contribution in [0.15, 0.2) is 72.9 Å². The van der Waals surface area contributed by atoms with Crippen molar-refractivity contribution in [3.63, 3.8) is 0 Å². The number of aryl methyl sites for hydroxylation is 1. The SMILES string of the molecule is CCCCCc1ccc(C(=O)N(CC(=O)N(Cc2cccn2Cc2ccccc2)C2CCCCC2)C(C)CC)cc1. The van der Waals surface area contributed by atoms with Gasteiger partial charge < -0.3 is 14.4 Å². The molecule has 2 aromatic carbocycles. The predicted molar refractivity (Wildman–Crippen MR) is 168 cm³/mol. The van der Waals surface area contributed by atoms with Crippen molar-refractivity contribution in [2.75, 3.05) is 6.54 Å². The summed E-state index contributed by atoms with van der Waals surface area (Å²) in [4.78, 5) is 31.8. The highest BCUT2D eigenvalue weighted by atomic mass is 16.2. The zero-order valence-electron chi connectivity index (χ0n) is 25.4. The Morgan fingerprint density at radius 2 is 1.61 bits per heavy atom. The first-order valence-corrected chi connectivity index (χ1v) is 15.9. The summed E-state index contributed by atoms with van der Waals surface area (Å²) in [7, 11) is 0. The van der Waals surface area contributed by atoms with Crippen LogP contribution < -0.4 is 0 Å². The average Bonchev–Trinajstić information content (AvgIpc) is 3.45. The summed E-state index contributed by atoms with van der Waals surface area (Å²) in [5, 5.41) is 0. The van der Waals surface area contributed by atoms with E-state index in [0.29, 0.717) is 12.1 Å². The Morgan fingerprint density at radius 1 is 0.878 bits per heavy atom. The van der Waals surface area contributed by atoms with Gasteiger partial charge in [0, 0.05) is 36.1 Å². The lowest BCUT2D eigenvalue weighted by Gasteiger charge is -2.37. The summed E-state index contributed by atoms with van der Waals surface area (Å²) in [6, 6.07) is 22.9. The van der Waals surface area contributed by atoms with Crippen LogP contribution in [0, 0.1) is 0 Å². The molecule has 1 unspecified atom stereocenters. The van der Waals surface area contributed by atoms with Crippen LogP contribution in [0.1, 0.15) is 106 Å². The maximum atomic E-state index is 14.1. The topological polar surface area (TPSA) is 45.6 Å². The lowest BCUT2D eigenvalue weighted by atomic mass is 9.94. The lowest BCUT2D eigenvalue weighted by molar-refractivity contribution is -0.136. The third-order valence-electron chi connectivity index (χ3n) is 8.75. The van der Waals surface area contributed by atoms with E-state index in [4.69, 9.17) is 0 Å². The molecule has 1 saturated carbocycles. The smallest absolute Gasteiger partial charge is 0.254 e. The van der Waals surface area contributed by atoms with E-state index in [-0.39, 0.29) is 30.4 Å². The molecule has 41 heavy (non-hydrogen) atoms. The van der Waals surface area contributed by atoms with Crippen molar-refractivity contribution >= 4 is 11.8 Å². The Hall–Kier alpha value is -3.34. The Morgan fingerprint density at radius 3 is 2.29 bits per heavy atom. The van der Waals surface area contributed by atoms with E-state index < -0.39 is 0 Å². The van der Waals surface area contributed by atoms with E-state index in [0.717, 1.165) is 50.8 Å². The van der Waals surface area contributed by atoms with Crippen LogP contribution in [0.3, 0.4) is 0 Å². The summed E-state index contributed by atoms with van der Waals surface area (Å²) < 4.78 is 2.25. The first kappa shape index (κ1) is 30.6. The highest BCUT2D eigenvalue weighted by molar-refractivity contribution is 5.96. The zero-order valence-corrected chi connectivity index (χ0v) is 25.4. The second-order valence-corrected chi connectivity index (χ2v) is 11.8. The minimum absolute atomic E-state index is 0.0224. The van der Waals surface area contributed by atoms with Crippen molar-refractivity contribution in [2.45, 2.75) is 110 Å². The minimum atomic E-state index is -0.0520. The molecule has 1 atom stereocenters. The molecule has 1 heterocycles. The number of carbonyl (C=O) groups excluding carboxylic acids is 2. The molecule has 0 spiro atoms. The number of hydrogen-bond acceptors (Lipinski definition) is 2. The minimum Gasteiger partial charge on any atom is -0.345 e. The second-order valence-electron chi connectivity index (χ2n) is 11.8. The molecule has 5 heteroatoms. The Labute approximate surface area is 247 Å². The standard InChI is InChI=1S/C36H49N3O2/c1-4-6-9-15-30-21-23-32(24-22-30)36(41)38(29(3)5-2)28-35(40)39(33-18-12-8-13-19-33)27-34-20-14-25-37(34)26-31-16-10-7-11-17-31/h7,10-11,14,16-17,20-25,29,33H,4-6,8-9,12-13,15,18-19,26-28H2,1-3H3. The first-order chi connectivity index (χ1) is 20.0. The molecule has 1 aliphatic carbocycles. The Balaban J connectivity index is 1.51. The summed E-state index contributed by atoms with van der Waals surface area (Å²) in [6.45, 7) is 7.81. The average molecular weight is 556 g/mol. The van der Waals surface area contributed by atoms with Crippen LogP contribution in [0.4, 0.5) is 0 Å². The van der Waals surface area contributed by atoms with Crippen LogP contribution in [0.25, 0.3) is 0 Å². The van der Waals surface area contributed by atoms with Gasteiger partial charge in [0.15, 0.2) is 0 Å². The maximum absolute atomic E-state index is 14.1. The molecule has 1 fully saturated rings. The number of unbranched alkanes of at least 4 members (excludes halogenated alkanes) is 2. The fourth-order valence-corrected chi connectivity index (χ4v) is 5.96. The molecule has 220 valence electrons. The molecular formula is C36H49N3O2. The van der Waals surface area contributed by atoms with Gasteiger partial charge in [0.1, 0.15) is 6.54 Å². The van der Waals surface area contributed by atoms with Crippen LogP contribution in [0.5, 0.6) is 0 Å². The van der Waals surface area contributed by atoms with E-state index >= 15 is 0 Å². The Bertz CT molecular complexity index is 1210. The van der Waals surface area contributed by atoms with Gasteiger partial charge in [-0.05, 0) is 74.4 Å². The molecule has 5 nitrogen and oxygen atoms in total. The van der Waals surface area contributed by atoms with Gasteiger partial charge in [-0.15, -0.1) is 0 Å². The summed E-state index contributed by atoms with van der Waals surface area (Å²) >= 11 is 0. The van der Waals surface area contributed by atoms with Crippen molar-refractivity contribution in [3.05, 3.63) is 95.3 Å². The number of carbonyl (C=O) groups is 2. The number of amides is 2. The Kier molecular flexibility index (Phi) is 11.7. The van der Waals surface area contributed by atoms with Gasteiger partial charge in [0.25, 0.3) is 5.91 Å². The van der Waals surface area contributed by atoms with Crippen LogP contribution >= 0.6 is 0 Å². The molecule has 3 aromatic rings. The molecule has 1 aromatic heterocycles. The number of hydrogen-bond donors (Lipinski definition) is 0. The molecule has 0 N–H and O–H groups in total. The van der Waals surface area contributed by atoms with Crippen LogP contribution in [-0.2, 0) is 24.3 Å². The summed E-state index contributed by atoms with van der Waals surface area (Å²) in [5.41, 5.74) is 4.31. The van der Waals surface area contributed by atoms with Gasteiger partial charge in [-0.25, -0.2) is 0 Å². The van der Waals surface area contributed by atoms with Crippen molar-refractivity contribution in [1.29, 1.82) is 0 Å². The van der Waals surface area contributed by atoms with Crippen LogP contribution in [0.2, 0.25) is 0 Å². The number of benzene rings is 2. The normalized spacial score (nSPS) is 14.5. The van der Waals surface area contributed by atoms with E-state index in [1.54, 1.807) is 4.90 Å². The number of rotatable bonds is 14. The molecular weight excluding hydrogens is 506 g/mol. The molecule has 0 aliphatic heterocycles. The largest absolute Gasteiger partial charge is 0.345 e. The molecule has 2 amide bonds. The van der Waals surface area contributed by atoms with Gasteiger partial charge in [-0.2, -0.15) is 0 Å². The van der Waals surface area contributed by atoms with E-state index in [2.05, 4.69) is 85.0 Å². The second kappa shape index (κ2) is 15.6. The lowest BCUT2D eigenvalue weighted by Crippen LogP contribution is -2.49. The third kappa shape index (κ3) is 8.58. The van der Waals surface area contributed by atoms with Gasteiger partial charge >= 0.3 is 0 Å². The fourth-order valence-electron chi connectivity index (χ4n) is 5.96. The van der Waals surface area contributed by atoms with Gasteiger partial charge in [-0.3, -0.25) is 9.59 Å². The van der Waals surface area contributed by atoms with E-state index in [1.165, 1.54) is 36.8 Å². The number of aromatic nitrogens is 1. The molecule has 0 saturated heterocycles. The quantitative estimate of drug-likeness (QED) is 0.190. The summed E-state index contributed by atoms with van der Waals surface area (Å²) in [5.74, 6) is -0.00180. The van der Waals surface area contributed by atoms with Gasteiger partial charge in [0.05, 0.1) is 6.54 Å². The van der Waals surface area contributed by atoms with E-state index in [9.17, 15) is 9.59 Å². The number of nitrogens with zero attached hydrogens (tertiary/aromatic N) is 3. The van der Waals surface area contributed by atoms with Crippen molar-refractivity contribution in [1.82, 2.24) is 14.4 Å². The molecule has 0 radical (unpaired) electrons. The third-order valence-corrected chi connectivity index (χ3v) is 8.75. The molecule has 0 bridgehead atoms. The van der Waals surface area contributed by atoms with Crippen molar-refractivity contribution in [2.24, 2.45) is 0 Å². The monoisotopic (exact) mass is 555 g/mol. The first-order valence-electron chi connectivity index (χ1n) is 15.9. The van der Waals surface area contributed by atoms with Crippen LogP contribution in [-0.4, -0.2) is 44.8 Å². The van der Waals surface area contributed by atoms with Crippen molar-refractivity contribution < 1.29 is 9.59 Å². The highest BCUT2D eigenvalue weighted by Gasteiger charge is 2.30. The summed E-state index contributed by atoms with van der Waals surface area (Å²) in [6.07, 6.45) is 13.1. The molecule has 1 aliphatic rings. The highest BCUT2D eigenvalue weighted by Crippen LogP contribution is 2.25. The fraction of sp³-hybridized carbons (Fsp3) is 0.500. The maximum Gasteiger partial charge on any atom is 0.254 e. The van der Waals surface area contributed by atoms with E-state index in [1.807, 2.05) is 18.2 Å². The van der Waals surface area contributed by atoms with Gasteiger partial charge in [-0.1, -0.05) is 88.4 Å². The predicted octanol–water partition coefficient (Wildman–Crippen LogP) is 7.87. The zero-order chi connectivity index (χ0) is 29.0. The van der Waals surface area contributed by atoms with Crippen molar-refractivity contribution in [3.8, 4) is 0 Å².